The maximum absolute atomic E-state index is 13.4. The van der Waals surface area contributed by atoms with Gasteiger partial charge in [-0.3, -0.25) is 0 Å². The first-order valence-electron chi connectivity index (χ1n) is 6.52. The van der Waals surface area contributed by atoms with Crippen molar-refractivity contribution in [2.24, 2.45) is 0 Å². The molecule has 1 aromatic carbocycles. The van der Waals surface area contributed by atoms with Crippen LogP contribution in [0.1, 0.15) is 45.1 Å². The molecular formula is C15H21FN2. The molecule has 18 heavy (non-hydrogen) atoms. The van der Waals surface area contributed by atoms with Crippen LogP contribution >= 0.6 is 0 Å². The van der Waals surface area contributed by atoms with Gasteiger partial charge in [0.25, 0.3) is 0 Å². The van der Waals surface area contributed by atoms with Gasteiger partial charge in [-0.1, -0.05) is 26.7 Å². The fourth-order valence-corrected chi connectivity index (χ4v) is 2.33. The van der Waals surface area contributed by atoms with Crippen molar-refractivity contribution >= 4 is 5.69 Å². The van der Waals surface area contributed by atoms with Crippen LogP contribution in [0.4, 0.5) is 10.1 Å². The summed E-state index contributed by atoms with van der Waals surface area (Å²) >= 11 is 0. The summed E-state index contributed by atoms with van der Waals surface area (Å²) in [6, 6.07) is 7.18. The van der Waals surface area contributed by atoms with Crippen LogP contribution in [0.25, 0.3) is 0 Å². The Kier molecular flexibility index (Phi) is 5.15. The van der Waals surface area contributed by atoms with Gasteiger partial charge >= 0.3 is 0 Å². The van der Waals surface area contributed by atoms with Gasteiger partial charge in [0.2, 0.25) is 0 Å². The van der Waals surface area contributed by atoms with Crippen molar-refractivity contribution in [2.45, 2.75) is 52.0 Å². The van der Waals surface area contributed by atoms with Crippen LogP contribution in [0, 0.1) is 24.1 Å². The normalized spacial score (nSPS) is 11.1. The van der Waals surface area contributed by atoms with E-state index in [1.807, 2.05) is 13.0 Å². The second-order valence-corrected chi connectivity index (χ2v) is 4.84. The number of nitrogens with one attached hydrogen (secondary N) is 1. The van der Waals surface area contributed by atoms with Crippen LogP contribution in [0.5, 0.6) is 0 Å². The second-order valence-electron chi connectivity index (χ2n) is 4.84. The predicted molar refractivity (Wildman–Crippen MR) is 72.9 cm³/mol. The molecule has 1 rings (SSSR count). The van der Waals surface area contributed by atoms with Gasteiger partial charge in [-0.2, -0.15) is 5.26 Å². The van der Waals surface area contributed by atoms with Crippen molar-refractivity contribution in [3.05, 3.63) is 29.6 Å². The monoisotopic (exact) mass is 248 g/mol. The lowest BCUT2D eigenvalue weighted by Crippen LogP contribution is -2.36. The molecule has 0 aromatic heterocycles. The highest BCUT2D eigenvalue weighted by Crippen LogP contribution is 2.26. The molecule has 1 N–H and O–H groups in total. The molecule has 0 atom stereocenters. The van der Waals surface area contributed by atoms with Crippen molar-refractivity contribution in [1.29, 1.82) is 5.26 Å². The fraction of sp³-hybridized carbons (Fsp3) is 0.533. The van der Waals surface area contributed by atoms with E-state index in [2.05, 4.69) is 25.2 Å². The zero-order chi connectivity index (χ0) is 13.6. The molecule has 0 spiro atoms. The van der Waals surface area contributed by atoms with Crippen LogP contribution in [-0.4, -0.2) is 5.54 Å². The largest absolute Gasteiger partial charge is 0.367 e. The average Bonchev–Trinajstić information content (AvgIpc) is 2.28. The molecule has 0 aliphatic carbocycles. The lowest BCUT2D eigenvalue weighted by molar-refractivity contribution is 0.486. The lowest BCUT2D eigenvalue weighted by atomic mass is 9.89. The van der Waals surface area contributed by atoms with E-state index in [4.69, 9.17) is 0 Å². The van der Waals surface area contributed by atoms with Gasteiger partial charge in [-0.15, -0.1) is 0 Å². The summed E-state index contributed by atoms with van der Waals surface area (Å²) in [6.45, 7) is 5.96. The van der Waals surface area contributed by atoms with Gasteiger partial charge in [0.05, 0.1) is 6.07 Å². The van der Waals surface area contributed by atoms with E-state index in [0.717, 1.165) is 31.2 Å². The first kappa shape index (κ1) is 14.5. The smallest absolute Gasteiger partial charge is 0.125 e. The van der Waals surface area contributed by atoms with Crippen molar-refractivity contribution in [3.8, 4) is 6.07 Å². The summed E-state index contributed by atoms with van der Waals surface area (Å²) in [5.41, 5.74) is 0.970. The Morgan fingerprint density at radius 3 is 2.28 bits per heavy atom. The van der Waals surface area contributed by atoms with Crippen LogP contribution in [-0.2, 0) is 0 Å². The molecule has 0 fully saturated rings. The fourth-order valence-electron chi connectivity index (χ4n) is 2.33. The molecule has 1 aromatic rings. The summed E-state index contributed by atoms with van der Waals surface area (Å²) in [5.74, 6) is -0.266. The SMILES string of the molecule is CCCC(C#N)(CCC)Nc1cc(C)cc(F)c1. The molecular weight excluding hydrogens is 227 g/mol. The van der Waals surface area contributed by atoms with Crippen LogP contribution < -0.4 is 5.32 Å². The number of halogens is 1. The van der Waals surface area contributed by atoms with Gasteiger partial charge < -0.3 is 5.32 Å². The van der Waals surface area contributed by atoms with Crippen LogP contribution in [0.3, 0.4) is 0 Å². The molecule has 0 saturated carbocycles. The maximum atomic E-state index is 13.4. The zero-order valence-corrected chi connectivity index (χ0v) is 11.4. The van der Waals surface area contributed by atoms with E-state index in [-0.39, 0.29) is 5.82 Å². The number of hydrogen-bond acceptors (Lipinski definition) is 2. The highest BCUT2D eigenvalue weighted by Gasteiger charge is 2.27. The first-order valence-corrected chi connectivity index (χ1v) is 6.52. The van der Waals surface area contributed by atoms with Crippen molar-refractivity contribution in [2.75, 3.05) is 5.32 Å². The number of rotatable bonds is 6. The van der Waals surface area contributed by atoms with Gasteiger partial charge in [0, 0.05) is 5.69 Å². The molecule has 0 bridgehead atoms. The number of anilines is 1. The molecule has 98 valence electrons. The maximum Gasteiger partial charge on any atom is 0.125 e. The third-order valence-corrected chi connectivity index (χ3v) is 2.99. The number of nitriles is 1. The van der Waals surface area contributed by atoms with E-state index in [0.29, 0.717) is 5.69 Å². The highest BCUT2D eigenvalue weighted by molar-refractivity contribution is 5.50. The van der Waals surface area contributed by atoms with Gasteiger partial charge in [-0.05, 0) is 43.5 Å². The van der Waals surface area contributed by atoms with Gasteiger partial charge in [-0.25, -0.2) is 4.39 Å². The van der Waals surface area contributed by atoms with E-state index >= 15 is 0 Å². The van der Waals surface area contributed by atoms with E-state index < -0.39 is 5.54 Å². The number of hydrogen-bond donors (Lipinski definition) is 1. The topological polar surface area (TPSA) is 35.8 Å². The Morgan fingerprint density at radius 2 is 1.83 bits per heavy atom. The van der Waals surface area contributed by atoms with E-state index in [9.17, 15) is 9.65 Å². The molecule has 0 unspecified atom stereocenters. The summed E-state index contributed by atoms with van der Waals surface area (Å²) in [6.07, 6.45) is 3.39. The third-order valence-electron chi connectivity index (χ3n) is 2.99. The standard InChI is InChI=1S/C15H21FN2/c1-4-6-15(11-17,7-5-2)18-14-9-12(3)8-13(16)10-14/h8-10,18H,4-7H2,1-3H3. The van der Waals surface area contributed by atoms with Crippen LogP contribution in [0.2, 0.25) is 0 Å². The van der Waals surface area contributed by atoms with Gasteiger partial charge in [0.15, 0.2) is 0 Å². The zero-order valence-electron chi connectivity index (χ0n) is 11.4. The summed E-state index contributed by atoms with van der Waals surface area (Å²) in [7, 11) is 0. The summed E-state index contributed by atoms with van der Waals surface area (Å²) in [4.78, 5) is 0. The number of nitrogens with zero attached hydrogens (tertiary/aromatic N) is 1. The van der Waals surface area contributed by atoms with E-state index in [1.54, 1.807) is 0 Å². The second kappa shape index (κ2) is 6.39. The minimum Gasteiger partial charge on any atom is -0.367 e. The Balaban J connectivity index is 2.98. The number of aryl methyl sites for hydroxylation is 1. The van der Waals surface area contributed by atoms with E-state index in [1.165, 1.54) is 12.1 Å². The van der Waals surface area contributed by atoms with Crippen LogP contribution in [0.15, 0.2) is 18.2 Å². The first-order chi connectivity index (χ1) is 8.55. The molecule has 0 amide bonds. The quantitative estimate of drug-likeness (QED) is 0.809. The third kappa shape index (κ3) is 3.73. The van der Waals surface area contributed by atoms with Gasteiger partial charge in [0.1, 0.15) is 11.4 Å². The molecule has 2 nitrogen and oxygen atoms in total. The summed E-state index contributed by atoms with van der Waals surface area (Å²) in [5, 5.41) is 12.7. The predicted octanol–water partition coefficient (Wildman–Crippen LogP) is 4.41. The Labute approximate surface area is 109 Å². The Hall–Kier alpha value is -1.56. The molecule has 0 aliphatic rings. The minimum absolute atomic E-state index is 0.266. The van der Waals surface area contributed by atoms with Crippen molar-refractivity contribution < 1.29 is 4.39 Å². The Morgan fingerprint density at radius 1 is 1.22 bits per heavy atom. The van der Waals surface area contributed by atoms with Crippen molar-refractivity contribution in [3.63, 3.8) is 0 Å². The molecule has 0 heterocycles. The van der Waals surface area contributed by atoms with Crippen molar-refractivity contribution in [1.82, 2.24) is 0 Å². The highest BCUT2D eigenvalue weighted by atomic mass is 19.1. The lowest BCUT2D eigenvalue weighted by Gasteiger charge is -2.28. The minimum atomic E-state index is -0.580. The average molecular weight is 248 g/mol. The molecule has 0 aliphatic heterocycles. The number of benzene rings is 1. The Bertz CT molecular complexity index is 408. The summed E-state index contributed by atoms with van der Waals surface area (Å²) < 4.78 is 13.4. The molecule has 0 saturated heterocycles. The molecule has 0 radical (unpaired) electrons. The molecule has 3 heteroatoms.